The fraction of sp³-hybridized carbons (Fsp3) is 0.562. The summed E-state index contributed by atoms with van der Waals surface area (Å²) in [5.74, 6) is 1.24. The predicted molar refractivity (Wildman–Crippen MR) is 95.9 cm³/mol. The largest absolute Gasteiger partial charge is 0.370 e. The molecule has 1 aromatic carbocycles. The Morgan fingerprint density at radius 2 is 2.05 bits per heavy atom. The molecule has 2 aliphatic rings. The van der Waals surface area contributed by atoms with Gasteiger partial charge in [0.15, 0.2) is 5.96 Å². The van der Waals surface area contributed by atoms with Gasteiger partial charge in [-0.05, 0) is 60.3 Å². The van der Waals surface area contributed by atoms with Crippen LogP contribution in [0, 0.1) is 11.3 Å². The first-order chi connectivity index (χ1) is 9.04. The maximum atomic E-state index is 5.95. The van der Waals surface area contributed by atoms with E-state index in [-0.39, 0.29) is 24.0 Å². The fourth-order valence-corrected chi connectivity index (χ4v) is 2.93. The minimum Gasteiger partial charge on any atom is -0.370 e. The predicted octanol–water partition coefficient (Wildman–Crippen LogP) is 3.57. The number of aliphatic imine (C=N–C) groups is 1. The van der Waals surface area contributed by atoms with Gasteiger partial charge in [-0.2, -0.15) is 0 Å². The van der Waals surface area contributed by atoms with Crippen molar-refractivity contribution < 1.29 is 0 Å². The maximum absolute atomic E-state index is 5.95. The normalized spacial score (nSPS) is 22.9. The number of aryl methyl sites for hydroxylation is 2. The van der Waals surface area contributed by atoms with Crippen molar-refractivity contribution in [2.45, 2.75) is 39.5 Å². The summed E-state index contributed by atoms with van der Waals surface area (Å²) in [5.41, 5.74) is 10.4. The van der Waals surface area contributed by atoms with Gasteiger partial charge in [-0.15, -0.1) is 24.0 Å². The fourth-order valence-electron chi connectivity index (χ4n) is 2.93. The van der Waals surface area contributed by atoms with E-state index in [1.54, 1.807) is 0 Å². The van der Waals surface area contributed by atoms with Gasteiger partial charge in [0.1, 0.15) is 0 Å². The number of anilines is 1. The van der Waals surface area contributed by atoms with E-state index in [2.05, 4.69) is 42.4 Å². The molecule has 0 spiro atoms. The molecule has 0 radical (unpaired) electrons. The zero-order valence-electron chi connectivity index (χ0n) is 12.3. The summed E-state index contributed by atoms with van der Waals surface area (Å²) in [6, 6.07) is 6.53. The first kappa shape index (κ1) is 15.6. The van der Waals surface area contributed by atoms with Gasteiger partial charge in [0, 0.05) is 12.2 Å². The van der Waals surface area contributed by atoms with Crippen LogP contribution in [0.25, 0.3) is 0 Å². The van der Waals surface area contributed by atoms with Crippen LogP contribution in [0.15, 0.2) is 23.2 Å². The Morgan fingerprint density at radius 1 is 1.35 bits per heavy atom. The molecule has 1 saturated carbocycles. The highest BCUT2D eigenvalue weighted by atomic mass is 127. The van der Waals surface area contributed by atoms with E-state index < -0.39 is 0 Å². The van der Waals surface area contributed by atoms with Crippen LogP contribution in [0.4, 0.5) is 5.69 Å². The lowest BCUT2D eigenvalue weighted by molar-refractivity contribution is 0.566. The summed E-state index contributed by atoms with van der Waals surface area (Å²) in [7, 11) is 0. The molecule has 1 fully saturated rings. The molecular formula is C16H24IN3. The number of nitrogens with one attached hydrogen (secondary N) is 1. The molecule has 1 aromatic rings. The average Bonchev–Trinajstić information content (AvgIpc) is 2.76. The van der Waals surface area contributed by atoms with Crippen LogP contribution >= 0.6 is 24.0 Å². The van der Waals surface area contributed by atoms with Crippen molar-refractivity contribution in [2.75, 3.05) is 11.9 Å². The first-order valence-corrected chi connectivity index (χ1v) is 7.23. The van der Waals surface area contributed by atoms with Crippen molar-refractivity contribution in [3.8, 4) is 0 Å². The second-order valence-electron chi connectivity index (χ2n) is 6.58. The highest BCUT2D eigenvalue weighted by Crippen LogP contribution is 2.51. The van der Waals surface area contributed by atoms with Crippen molar-refractivity contribution in [2.24, 2.45) is 22.1 Å². The van der Waals surface area contributed by atoms with Crippen LogP contribution < -0.4 is 11.1 Å². The molecule has 110 valence electrons. The average molecular weight is 385 g/mol. The minimum atomic E-state index is 0. The van der Waals surface area contributed by atoms with Crippen molar-refractivity contribution in [1.82, 2.24) is 0 Å². The van der Waals surface area contributed by atoms with Crippen LogP contribution in [0.1, 0.15) is 37.8 Å². The smallest absolute Gasteiger partial charge is 0.193 e. The molecule has 4 heteroatoms. The van der Waals surface area contributed by atoms with Gasteiger partial charge in [-0.3, -0.25) is 4.99 Å². The summed E-state index contributed by atoms with van der Waals surface area (Å²) in [6.07, 6.45) is 4.95. The van der Waals surface area contributed by atoms with E-state index in [0.717, 1.165) is 12.2 Å². The summed E-state index contributed by atoms with van der Waals surface area (Å²) in [5, 5.41) is 3.21. The van der Waals surface area contributed by atoms with Crippen LogP contribution in [-0.4, -0.2) is 12.5 Å². The second-order valence-corrected chi connectivity index (χ2v) is 6.58. The standard InChI is InChI=1S/C16H23N3.HI/c1-16(2)9-13(16)10-18-15(17)19-14-7-6-11-4-3-5-12(11)8-14;/h6-8,13H,3-5,9-10H2,1-2H3,(H3,17,18,19);1H. The number of nitrogens with zero attached hydrogens (tertiary/aromatic N) is 1. The number of hydrogen-bond acceptors (Lipinski definition) is 1. The van der Waals surface area contributed by atoms with E-state index in [1.165, 1.54) is 36.8 Å². The molecule has 1 unspecified atom stereocenters. The molecule has 0 bridgehead atoms. The molecule has 0 heterocycles. The van der Waals surface area contributed by atoms with Gasteiger partial charge in [0.05, 0.1) is 0 Å². The lowest BCUT2D eigenvalue weighted by atomic mass is 10.1. The molecule has 3 rings (SSSR count). The van der Waals surface area contributed by atoms with Gasteiger partial charge < -0.3 is 11.1 Å². The zero-order chi connectivity index (χ0) is 13.5. The highest BCUT2D eigenvalue weighted by molar-refractivity contribution is 14.0. The highest BCUT2D eigenvalue weighted by Gasteiger charge is 2.45. The van der Waals surface area contributed by atoms with Crippen LogP contribution in [-0.2, 0) is 12.8 Å². The molecule has 1 atom stereocenters. The molecule has 0 amide bonds. The monoisotopic (exact) mass is 385 g/mol. The topological polar surface area (TPSA) is 50.4 Å². The third-order valence-electron chi connectivity index (χ3n) is 4.57. The molecule has 0 aromatic heterocycles. The maximum Gasteiger partial charge on any atom is 0.193 e. The Bertz CT molecular complexity index is 522. The Hall–Kier alpha value is -0.780. The van der Waals surface area contributed by atoms with E-state index in [4.69, 9.17) is 5.73 Å². The minimum absolute atomic E-state index is 0. The van der Waals surface area contributed by atoms with Crippen LogP contribution in [0.5, 0.6) is 0 Å². The van der Waals surface area contributed by atoms with Gasteiger partial charge in [0.2, 0.25) is 0 Å². The van der Waals surface area contributed by atoms with Crippen molar-refractivity contribution in [1.29, 1.82) is 0 Å². The number of fused-ring (bicyclic) bond motifs is 1. The summed E-state index contributed by atoms with van der Waals surface area (Å²) in [4.78, 5) is 4.45. The van der Waals surface area contributed by atoms with Gasteiger partial charge in [-0.1, -0.05) is 19.9 Å². The Morgan fingerprint density at radius 3 is 2.75 bits per heavy atom. The van der Waals surface area contributed by atoms with E-state index in [0.29, 0.717) is 17.3 Å². The molecule has 20 heavy (non-hydrogen) atoms. The van der Waals surface area contributed by atoms with Gasteiger partial charge in [-0.25, -0.2) is 0 Å². The molecule has 0 aliphatic heterocycles. The second kappa shape index (κ2) is 5.92. The van der Waals surface area contributed by atoms with E-state index >= 15 is 0 Å². The number of guanidine groups is 1. The lowest BCUT2D eigenvalue weighted by Crippen LogP contribution is -2.23. The van der Waals surface area contributed by atoms with Crippen molar-refractivity contribution >= 4 is 35.6 Å². The number of benzene rings is 1. The molecule has 2 aliphatic carbocycles. The number of hydrogen-bond donors (Lipinski definition) is 2. The first-order valence-electron chi connectivity index (χ1n) is 7.23. The molecule has 0 saturated heterocycles. The third-order valence-corrected chi connectivity index (χ3v) is 4.57. The Labute approximate surface area is 138 Å². The van der Waals surface area contributed by atoms with Gasteiger partial charge >= 0.3 is 0 Å². The van der Waals surface area contributed by atoms with Crippen LogP contribution in [0.3, 0.4) is 0 Å². The zero-order valence-corrected chi connectivity index (χ0v) is 14.6. The summed E-state index contributed by atoms with van der Waals surface area (Å²) in [6.45, 7) is 5.42. The lowest BCUT2D eigenvalue weighted by Gasteiger charge is -2.08. The summed E-state index contributed by atoms with van der Waals surface area (Å²) >= 11 is 0. The van der Waals surface area contributed by atoms with E-state index in [9.17, 15) is 0 Å². The third kappa shape index (κ3) is 3.45. The van der Waals surface area contributed by atoms with Crippen molar-refractivity contribution in [3.05, 3.63) is 29.3 Å². The SMILES string of the molecule is CC1(C)CC1CN=C(N)Nc1ccc2c(c1)CCC2.I. The van der Waals surface area contributed by atoms with Crippen LogP contribution in [0.2, 0.25) is 0 Å². The van der Waals surface area contributed by atoms with E-state index in [1.807, 2.05) is 0 Å². The van der Waals surface area contributed by atoms with Gasteiger partial charge in [0.25, 0.3) is 0 Å². The molecule has 3 N–H and O–H groups in total. The quantitative estimate of drug-likeness (QED) is 0.475. The number of halogens is 1. The number of rotatable bonds is 3. The molecular weight excluding hydrogens is 361 g/mol. The Kier molecular flexibility index (Phi) is 4.62. The van der Waals surface area contributed by atoms with Crippen molar-refractivity contribution in [3.63, 3.8) is 0 Å². The Balaban J connectivity index is 0.00000147. The number of nitrogens with two attached hydrogens (primary N) is 1. The molecule has 3 nitrogen and oxygen atoms in total. The summed E-state index contributed by atoms with van der Waals surface area (Å²) < 4.78 is 0.